The van der Waals surface area contributed by atoms with Crippen molar-refractivity contribution in [2.75, 3.05) is 11.9 Å². The SMILES string of the molecule is O=[N+]([O-])c1cc(C(F)(F)F)ccc1CCNc1cc(C2CC2)[nH]n1. The molecular weight excluding hydrogens is 325 g/mol. The molecule has 1 aliphatic carbocycles. The van der Waals surface area contributed by atoms with Crippen LogP contribution >= 0.6 is 0 Å². The molecule has 1 aromatic heterocycles. The zero-order valence-electron chi connectivity index (χ0n) is 12.6. The Kier molecular flexibility index (Phi) is 4.16. The van der Waals surface area contributed by atoms with Crippen LogP contribution in [0, 0.1) is 10.1 Å². The third-order valence-corrected chi connectivity index (χ3v) is 3.92. The second kappa shape index (κ2) is 6.14. The summed E-state index contributed by atoms with van der Waals surface area (Å²) in [6.07, 6.45) is -2.10. The van der Waals surface area contributed by atoms with E-state index >= 15 is 0 Å². The first kappa shape index (κ1) is 16.3. The molecule has 1 fully saturated rings. The molecule has 1 saturated carbocycles. The number of aromatic amines is 1. The highest BCUT2D eigenvalue weighted by Crippen LogP contribution is 2.39. The van der Waals surface area contributed by atoms with Gasteiger partial charge in [-0.05, 0) is 25.3 Å². The molecule has 0 saturated heterocycles. The Balaban J connectivity index is 1.66. The maximum absolute atomic E-state index is 12.7. The van der Waals surface area contributed by atoms with Crippen molar-refractivity contribution in [2.45, 2.75) is 31.4 Å². The lowest BCUT2D eigenvalue weighted by molar-refractivity contribution is -0.385. The Morgan fingerprint density at radius 3 is 2.71 bits per heavy atom. The first-order valence-corrected chi connectivity index (χ1v) is 7.48. The number of alkyl halides is 3. The monoisotopic (exact) mass is 340 g/mol. The average Bonchev–Trinajstić information content (AvgIpc) is 3.26. The fraction of sp³-hybridized carbons (Fsp3) is 0.400. The number of H-pyrrole nitrogens is 1. The second-order valence-electron chi connectivity index (χ2n) is 5.76. The van der Waals surface area contributed by atoms with Crippen molar-refractivity contribution in [1.82, 2.24) is 10.2 Å². The third-order valence-electron chi connectivity index (χ3n) is 3.92. The molecule has 6 nitrogen and oxygen atoms in total. The van der Waals surface area contributed by atoms with E-state index in [9.17, 15) is 23.3 Å². The Labute approximate surface area is 135 Å². The van der Waals surface area contributed by atoms with Crippen LogP contribution in [0.1, 0.15) is 35.6 Å². The summed E-state index contributed by atoms with van der Waals surface area (Å²) in [5, 5.41) is 21.1. The number of nitrogens with zero attached hydrogens (tertiary/aromatic N) is 2. The molecule has 2 aromatic rings. The summed E-state index contributed by atoms with van der Waals surface area (Å²) in [6, 6.07) is 4.48. The van der Waals surface area contributed by atoms with E-state index in [1.54, 1.807) is 0 Å². The molecule has 2 N–H and O–H groups in total. The third kappa shape index (κ3) is 3.66. The van der Waals surface area contributed by atoms with Crippen molar-refractivity contribution < 1.29 is 18.1 Å². The minimum Gasteiger partial charge on any atom is -0.368 e. The molecule has 1 aliphatic rings. The van der Waals surface area contributed by atoms with Crippen LogP contribution in [0.2, 0.25) is 0 Å². The first-order valence-electron chi connectivity index (χ1n) is 7.48. The molecule has 1 heterocycles. The van der Waals surface area contributed by atoms with Gasteiger partial charge in [-0.15, -0.1) is 0 Å². The highest BCUT2D eigenvalue weighted by Gasteiger charge is 2.32. The van der Waals surface area contributed by atoms with E-state index in [0.717, 1.165) is 30.7 Å². The smallest absolute Gasteiger partial charge is 0.368 e. The number of rotatable bonds is 6. The summed E-state index contributed by atoms with van der Waals surface area (Å²) >= 11 is 0. The number of hydrogen-bond donors (Lipinski definition) is 2. The first-order chi connectivity index (χ1) is 11.3. The Bertz CT molecular complexity index is 753. The summed E-state index contributed by atoms with van der Waals surface area (Å²) in [7, 11) is 0. The molecular formula is C15H15F3N4O2. The van der Waals surface area contributed by atoms with Crippen LogP contribution in [0.25, 0.3) is 0 Å². The van der Waals surface area contributed by atoms with Gasteiger partial charge < -0.3 is 5.32 Å². The van der Waals surface area contributed by atoms with Gasteiger partial charge in [0.25, 0.3) is 5.69 Å². The van der Waals surface area contributed by atoms with E-state index in [-0.39, 0.29) is 12.0 Å². The van der Waals surface area contributed by atoms with Crippen molar-refractivity contribution in [2.24, 2.45) is 0 Å². The van der Waals surface area contributed by atoms with Gasteiger partial charge in [0.2, 0.25) is 0 Å². The zero-order chi connectivity index (χ0) is 17.3. The lowest BCUT2D eigenvalue weighted by Gasteiger charge is -2.09. The topological polar surface area (TPSA) is 83.9 Å². The van der Waals surface area contributed by atoms with Gasteiger partial charge in [-0.25, -0.2) is 0 Å². The Morgan fingerprint density at radius 1 is 1.33 bits per heavy atom. The summed E-state index contributed by atoms with van der Waals surface area (Å²) in [5.41, 5.74) is -0.240. The number of benzene rings is 1. The van der Waals surface area contributed by atoms with Crippen LogP contribution in [-0.2, 0) is 12.6 Å². The molecule has 0 atom stereocenters. The lowest BCUT2D eigenvalue weighted by atomic mass is 10.1. The van der Waals surface area contributed by atoms with Crippen LogP contribution in [0.15, 0.2) is 24.3 Å². The van der Waals surface area contributed by atoms with Gasteiger partial charge in [-0.1, -0.05) is 6.07 Å². The molecule has 128 valence electrons. The maximum atomic E-state index is 12.7. The van der Waals surface area contributed by atoms with E-state index in [1.807, 2.05) is 6.07 Å². The number of halogens is 3. The fourth-order valence-corrected chi connectivity index (χ4v) is 2.48. The maximum Gasteiger partial charge on any atom is 0.416 e. The van der Waals surface area contributed by atoms with Gasteiger partial charge in [-0.3, -0.25) is 15.2 Å². The van der Waals surface area contributed by atoms with Crippen molar-refractivity contribution in [1.29, 1.82) is 0 Å². The van der Waals surface area contributed by atoms with Crippen LogP contribution in [0.4, 0.5) is 24.7 Å². The van der Waals surface area contributed by atoms with E-state index in [4.69, 9.17) is 0 Å². The molecule has 24 heavy (non-hydrogen) atoms. The van der Waals surface area contributed by atoms with E-state index in [1.165, 1.54) is 0 Å². The van der Waals surface area contributed by atoms with Crippen LogP contribution in [-0.4, -0.2) is 21.7 Å². The van der Waals surface area contributed by atoms with Crippen molar-refractivity contribution >= 4 is 11.5 Å². The average molecular weight is 340 g/mol. The number of hydrogen-bond acceptors (Lipinski definition) is 4. The highest BCUT2D eigenvalue weighted by atomic mass is 19.4. The molecule has 9 heteroatoms. The van der Waals surface area contributed by atoms with Crippen LogP contribution in [0.5, 0.6) is 0 Å². The fourth-order valence-electron chi connectivity index (χ4n) is 2.48. The van der Waals surface area contributed by atoms with Gasteiger partial charge in [0.15, 0.2) is 0 Å². The summed E-state index contributed by atoms with van der Waals surface area (Å²) in [5.74, 6) is 1.16. The Morgan fingerprint density at radius 2 is 2.08 bits per heavy atom. The lowest BCUT2D eigenvalue weighted by Crippen LogP contribution is -2.10. The molecule has 3 rings (SSSR count). The number of aromatic nitrogens is 2. The van der Waals surface area contributed by atoms with E-state index in [0.29, 0.717) is 24.3 Å². The largest absolute Gasteiger partial charge is 0.416 e. The quantitative estimate of drug-likeness (QED) is 0.618. The van der Waals surface area contributed by atoms with Crippen molar-refractivity contribution in [3.63, 3.8) is 0 Å². The molecule has 0 bridgehead atoms. The van der Waals surface area contributed by atoms with E-state index in [2.05, 4.69) is 15.5 Å². The van der Waals surface area contributed by atoms with Gasteiger partial charge in [-0.2, -0.15) is 18.3 Å². The van der Waals surface area contributed by atoms with Gasteiger partial charge in [0.1, 0.15) is 5.82 Å². The molecule has 0 radical (unpaired) electrons. The standard InChI is InChI=1S/C15H15F3N4O2/c16-15(17,18)11-4-3-10(13(7-11)22(23)24)5-6-19-14-8-12(20-21-14)9-1-2-9/h3-4,7-9H,1-2,5-6H2,(H2,19,20,21). The molecule has 0 aliphatic heterocycles. The second-order valence-corrected chi connectivity index (χ2v) is 5.76. The van der Waals surface area contributed by atoms with Crippen LogP contribution < -0.4 is 5.32 Å². The van der Waals surface area contributed by atoms with E-state index < -0.39 is 22.4 Å². The number of nitro groups is 1. The predicted molar refractivity (Wildman–Crippen MR) is 80.9 cm³/mol. The van der Waals surface area contributed by atoms with Gasteiger partial charge >= 0.3 is 6.18 Å². The number of anilines is 1. The van der Waals surface area contributed by atoms with Crippen molar-refractivity contribution in [3.8, 4) is 0 Å². The summed E-state index contributed by atoms with van der Waals surface area (Å²) in [6.45, 7) is 0.334. The normalized spacial score (nSPS) is 14.6. The summed E-state index contributed by atoms with van der Waals surface area (Å²) in [4.78, 5) is 10.2. The van der Waals surface area contributed by atoms with Crippen LogP contribution in [0.3, 0.4) is 0 Å². The predicted octanol–water partition coefficient (Wildman–Crippen LogP) is 3.87. The van der Waals surface area contributed by atoms with Gasteiger partial charge in [0.05, 0.1) is 10.5 Å². The minimum atomic E-state index is -4.60. The minimum absolute atomic E-state index is 0.222. The van der Waals surface area contributed by atoms with Gasteiger partial charge in [0, 0.05) is 35.9 Å². The molecule has 1 aromatic carbocycles. The summed E-state index contributed by atoms with van der Waals surface area (Å²) < 4.78 is 38.0. The number of nitrogens with one attached hydrogen (secondary N) is 2. The zero-order valence-corrected chi connectivity index (χ0v) is 12.6. The number of nitro benzene ring substituents is 1. The molecule has 0 amide bonds. The molecule has 0 unspecified atom stereocenters. The highest BCUT2D eigenvalue weighted by molar-refractivity contribution is 5.45. The Hall–Kier alpha value is -2.58. The van der Waals surface area contributed by atoms with Crippen molar-refractivity contribution in [3.05, 3.63) is 51.2 Å². The molecule has 0 spiro atoms.